The van der Waals surface area contributed by atoms with E-state index in [1.54, 1.807) is 0 Å². The lowest BCUT2D eigenvalue weighted by Gasteiger charge is -2.18. The molecular formula is C12H15F2NO4. The predicted molar refractivity (Wildman–Crippen MR) is 64.0 cm³/mol. The lowest BCUT2D eigenvalue weighted by molar-refractivity contribution is -0.385. The first-order valence-electron chi connectivity index (χ1n) is 5.59. The Kier molecular flexibility index (Phi) is 4.90. The van der Waals surface area contributed by atoms with Crippen molar-refractivity contribution < 1.29 is 23.2 Å². The molecule has 5 nitrogen and oxygen atoms in total. The molecule has 19 heavy (non-hydrogen) atoms. The molecule has 0 radical (unpaired) electrons. The smallest absolute Gasteiger partial charge is 0.273 e. The van der Waals surface area contributed by atoms with Crippen LogP contribution in [0.1, 0.15) is 30.8 Å². The summed E-state index contributed by atoms with van der Waals surface area (Å²) in [7, 11) is 2.65. The average molecular weight is 275 g/mol. The molecule has 0 fully saturated rings. The van der Waals surface area contributed by atoms with E-state index >= 15 is 0 Å². The maximum Gasteiger partial charge on any atom is 0.273 e. The average Bonchev–Trinajstić information content (AvgIpc) is 2.39. The number of halogens is 2. The van der Waals surface area contributed by atoms with Crippen LogP contribution in [-0.4, -0.2) is 19.1 Å². The van der Waals surface area contributed by atoms with E-state index < -0.39 is 34.8 Å². The zero-order valence-corrected chi connectivity index (χ0v) is 10.9. The van der Waals surface area contributed by atoms with Gasteiger partial charge in [-0.1, -0.05) is 6.92 Å². The van der Waals surface area contributed by atoms with Gasteiger partial charge in [0.2, 0.25) is 0 Å². The van der Waals surface area contributed by atoms with Crippen molar-refractivity contribution in [3.8, 4) is 0 Å². The van der Waals surface area contributed by atoms with Gasteiger partial charge in [0.05, 0.1) is 4.92 Å². The van der Waals surface area contributed by atoms with E-state index in [0.29, 0.717) is 0 Å². The number of non-ortho nitro benzene ring substituents is 1. The SMILES string of the molecule is CCC(F)(F)c1cc(C(OC)OC)cc([N+](=O)[O-])c1. The van der Waals surface area contributed by atoms with Crippen LogP contribution in [-0.2, 0) is 15.4 Å². The first kappa shape index (κ1) is 15.5. The highest BCUT2D eigenvalue weighted by Crippen LogP contribution is 2.35. The highest BCUT2D eigenvalue weighted by atomic mass is 19.3. The summed E-state index contributed by atoms with van der Waals surface area (Å²) in [6.45, 7) is 1.31. The van der Waals surface area contributed by atoms with E-state index in [1.807, 2.05) is 0 Å². The van der Waals surface area contributed by atoms with Crippen molar-refractivity contribution in [1.29, 1.82) is 0 Å². The molecule has 0 atom stereocenters. The van der Waals surface area contributed by atoms with Gasteiger partial charge in [0.1, 0.15) is 0 Å². The Morgan fingerprint density at radius 3 is 2.32 bits per heavy atom. The second-order valence-electron chi connectivity index (χ2n) is 3.93. The third kappa shape index (κ3) is 3.45. The van der Waals surface area contributed by atoms with Gasteiger partial charge in [-0.25, -0.2) is 8.78 Å². The number of rotatable bonds is 6. The summed E-state index contributed by atoms with van der Waals surface area (Å²) in [5.41, 5.74) is -0.652. The van der Waals surface area contributed by atoms with Gasteiger partial charge >= 0.3 is 0 Å². The van der Waals surface area contributed by atoms with Crippen molar-refractivity contribution in [3.63, 3.8) is 0 Å². The zero-order chi connectivity index (χ0) is 14.6. The van der Waals surface area contributed by atoms with Crippen LogP contribution in [0.4, 0.5) is 14.5 Å². The second-order valence-corrected chi connectivity index (χ2v) is 3.93. The Labute approximate surface area is 109 Å². The van der Waals surface area contributed by atoms with E-state index in [2.05, 4.69) is 0 Å². The van der Waals surface area contributed by atoms with E-state index in [4.69, 9.17) is 9.47 Å². The fraction of sp³-hybridized carbons (Fsp3) is 0.500. The molecule has 1 aromatic carbocycles. The molecular weight excluding hydrogens is 260 g/mol. The van der Waals surface area contributed by atoms with E-state index in [9.17, 15) is 18.9 Å². The van der Waals surface area contributed by atoms with Gasteiger partial charge in [-0.2, -0.15) is 0 Å². The highest BCUT2D eigenvalue weighted by Gasteiger charge is 2.32. The maximum atomic E-state index is 13.7. The van der Waals surface area contributed by atoms with Gasteiger partial charge < -0.3 is 9.47 Å². The van der Waals surface area contributed by atoms with Gasteiger partial charge in [0.25, 0.3) is 11.6 Å². The Hall–Kier alpha value is -1.60. The fourth-order valence-corrected chi connectivity index (χ4v) is 1.66. The molecule has 0 aliphatic heterocycles. The first-order valence-corrected chi connectivity index (χ1v) is 5.59. The summed E-state index contributed by atoms with van der Waals surface area (Å²) in [6, 6.07) is 3.19. The van der Waals surface area contributed by atoms with E-state index in [1.165, 1.54) is 21.1 Å². The van der Waals surface area contributed by atoms with E-state index in [0.717, 1.165) is 18.2 Å². The molecule has 0 spiro atoms. The third-order valence-electron chi connectivity index (χ3n) is 2.72. The van der Waals surface area contributed by atoms with Crippen molar-refractivity contribution in [3.05, 3.63) is 39.4 Å². The van der Waals surface area contributed by atoms with Crippen LogP contribution in [0.15, 0.2) is 18.2 Å². The molecule has 106 valence electrons. The largest absolute Gasteiger partial charge is 0.352 e. The number of methoxy groups -OCH3 is 2. The number of hydrogen-bond acceptors (Lipinski definition) is 4. The number of benzene rings is 1. The van der Waals surface area contributed by atoms with Gasteiger partial charge in [0, 0.05) is 43.9 Å². The number of nitro benzene ring substituents is 1. The number of nitro groups is 1. The molecule has 1 rings (SSSR count). The number of alkyl halides is 2. The van der Waals surface area contributed by atoms with Crippen molar-refractivity contribution in [1.82, 2.24) is 0 Å². The minimum atomic E-state index is -3.13. The molecule has 0 aromatic heterocycles. The number of ether oxygens (including phenoxy) is 2. The summed E-state index contributed by atoms with van der Waals surface area (Å²) in [6.07, 6.45) is -1.37. The van der Waals surface area contributed by atoms with Crippen molar-refractivity contribution in [2.75, 3.05) is 14.2 Å². The molecule has 1 aromatic rings. The zero-order valence-electron chi connectivity index (χ0n) is 10.9. The minimum Gasteiger partial charge on any atom is -0.352 e. The monoisotopic (exact) mass is 275 g/mol. The maximum absolute atomic E-state index is 13.7. The first-order chi connectivity index (χ1) is 8.85. The summed E-state index contributed by atoms with van der Waals surface area (Å²) < 4.78 is 37.2. The van der Waals surface area contributed by atoms with Crippen molar-refractivity contribution in [2.24, 2.45) is 0 Å². The lowest BCUT2D eigenvalue weighted by Crippen LogP contribution is -2.14. The van der Waals surface area contributed by atoms with Gasteiger partial charge in [-0.15, -0.1) is 0 Å². The van der Waals surface area contributed by atoms with Crippen LogP contribution in [0, 0.1) is 10.1 Å². The second kappa shape index (κ2) is 6.03. The van der Waals surface area contributed by atoms with Gasteiger partial charge in [-0.05, 0) is 6.07 Å². The van der Waals surface area contributed by atoms with Gasteiger partial charge in [-0.3, -0.25) is 10.1 Å². The highest BCUT2D eigenvalue weighted by molar-refractivity contribution is 5.41. The van der Waals surface area contributed by atoms with Crippen LogP contribution in [0.3, 0.4) is 0 Å². The summed E-state index contributed by atoms with van der Waals surface area (Å²) in [5.74, 6) is -3.13. The lowest BCUT2D eigenvalue weighted by atomic mass is 10.0. The van der Waals surface area contributed by atoms with Gasteiger partial charge in [0.15, 0.2) is 6.29 Å². The Bertz CT molecular complexity index is 461. The van der Waals surface area contributed by atoms with Crippen LogP contribution < -0.4 is 0 Å². The van der Waals surface area contributed by atoms with Crippen LogP contribution in [0.25, 0.3) is 0 Å². The van der Waals surface area contributed by atoms with Crippen LogP contribution in [0.2, 0.25) is 0 Å². The van der Waals surface area contributed by atoms with Crippen LogP contribution in [0.5, 0.6) is 0 Å². The van der Waals surface area contributed by atoms with Crippen molar-refractivity contribution in [2.45, 2.75) is 25.6 Å². The minimum absolute atomic E-state index is 0.183. The standard InChI is InChI=1S/C12H15F2NO4/c1-4-12(13,14)9-5-8(11(18-2)19-3)6-10(7-9)15(16)17/h5-7,11H,4H2,1-3H3. The Balaban J connectivity index is 3.37. The molecule has 0 amide bonds. The normalized spacial score (nSPS) is 11.9. The molecule has 0 N–H and O–H groups in total. The Morgan fingerprint density at radius 1 is 1.32 bits per heavy atom. The van der Waals surface area contributed by atoms with E-state index in [-0.39, 0.29) is 5.56 Å². The number of nitrogens with zero attached hydrogens (tertiary/aromatic N) is 1. The van der Waals surface area contributed by atoms with Crippen LogP contribution >= 0.6 is 0 Å². The summed E-state index contributed by atoms with van der Waals surface area (Å²) in [5, 5.41) is 10.8. The molecule has 0 saturated heterocycles. The van der Waals surface area contributed by atoms with Crippen molar-refractivity contribution >= 4 is 5.69 Å². The molecule has 0 unspecified atom stereocenters. The molecule has 0 saturated carbocycles. The summed E-state index contributed by atoms with van der Waals surface area (Å²) in [4.78, 5) is 10.1. The molecule has 0 bridgehead atoms. The fourth-order valence-electron chi connectivity index (χ4n) is 1.66. The third-order valence-corrected chi connectivity index (χ3v) is 2.72. The predicted octanol–water partition coefficient (Wildman–Crippen LogP) is 3.39. The number of hydrogen-bond donors (Lipinski definition) is 0. The molecule has 7 heteroatoms. The summed E-state index contributed by atoms with van der Waals surface area (Å²) >= 11 is 0. The molecule has 0 aliphatic carbocycles. The quantitative estimate of drug-likeness (QED) is 0.453. The Morgan fingerprint density at radius 2 is 1.89 bits per heavy atom. The topological polar surface area (TPSA) is 61.6 Å². The molecule has 0 heterocycles. The molecule has 0 aliphatic rings.